The average molecular weight is 434 g/mol. The summed E-state index contributed by atoms with van der Waals surface area (Å²) in [6.07, 6.45) is 2.79. The second kappa shape index (κ2) is 10.1. The number of nitrogens with one attached hydrogen (secondary N) is 2. The Bertz CT molecular complexity index is 807. The molecule has 1 aromatic heterocycles. The largest absolute Gasteiger partial charge is 0.446 e. The van der Waals surface area contributed by atoms with Gasteiger partial charge >= 0.3 is 6.09 Å². The van der Waals surface area contributed by atoms with Crippen molar-refractivity contribution in [2.45, 2.75) is 90.8 Å². The number of allylic oxidation sites excluding steroid dienone is 1. The molecule has 4 N–H and O–H groups in total. The Labute approximate surface area is 186 Å². The van der Waals surface area contributed by atoms with Crippen molar-refractivity contribution >= 4 is 18.6 Å². The average Bonchev–Trinajstić information content (AvgIpc) is 3.28. The summed E-state index contributed by atoms with van der Waals surface area (Å²) in [5.74, 6) is 1.58. The molecule has 2 rings (SSSR count). The van der Waals surface area contributed by atoms with Crippen LogP contribution in [0.25, 0.3) is 0 Å². The number of amides is 1. The lowest BCUT2D eigenvalue weighted by Crippen LogP contribution is -2.33. The molecule has 0 aliphatic heterocycles. The van der Waals surface area contributed by atoms with Gasteiger partial charge in [0.15, 0.2) is 0 Å². The van der Waals surface area contributed by atoms with Crippen LogP contribution < -0.4 is 16.4 Å². The highest BCUT2D eigenvalue weighted by atomic mass is 16.6. The molecule has 0 aromatic carbocycles. The number of anilines is 1. The molecule has 0 radical (unpaired) electrons. The fourth-order valence-electron chi connectivity index (χ4n) is 3.83. The van der Waals surface area contributed by atoms with Gasteiger partial charge in [-0.1, -0.05) is 6.92 Å². The number of carbonyl (C=O) groups excluding carboxylic acids is 1. The van der Waals surface area contributed by atoms with Gasteiger partial charge in [-0.2, -0.15) is 10.2 Å². The van der Waals surface area contributed by atoms with Gasteiger partial charge in [0.25, 0.3) is 0 Å². The fourth-order valence-corrected chi connectivity index (χ4v) is 3.83. The molecule has 9 nitrogen and oxygen atoms in total. The van der Waals surface area contributed by atoms with Gasteiger partial charge < -0.3 is 21.1 Å². The van der Waals surface area contributed by atoms with Crippen LogP contribution >= 0.6 is 0 Å². The van der Waals surface area contributed by atoms with Gasteiger partial charge in [-0.25, -0.2) is 9.48 Å². The van der Waals surface area contributed by atoms with Crippen LogP contribution in [0.5, 0.6) is 0 Å². The van der Waals surface area contributed by atoms with E-state index in [0.29, 0.717) is 12.2 Å². The van der Waals surface area contributed by atoms with Crippen molar-refractivity contribution in [3.05, 3.63) is 23.3 Å². The molecule has 1 fully saturated rings. The maximum absolute atomic E-state index is 11.9. The summed E-state index contributed by atoms with van der Waals surface area (Å²) in [4.78, 5) is 11.9. The summed E-state index contributed by atoms with van der Waals surface area (Å²) in [6.45, 7) is 15.7. The van der Waals surface area contributed by atoms with Crippen molar-refractivity contribution in [2.75, 3.05) is 12.4 Å². The summed E-state index contributed by atoms with van der Waals surface area (Å²) in [7, 11) is 1.82. The summed E-state index contributed by atoms with van der Waals surface area (Å²) in [5.41, 5.74) is 7.96. The van der Waals surface area contributed by atoms with E-state index in [9.17, 15) is 4.79 Å². The third kappa shape index (κ3) is 6.38. The number of alkyl carbamates (subject to hydrolysis) is 1. The van der Waals surface area contributed by atoms with Gasteiger partial charge in [-0.15, -0.1) is 0 Å². The number of hydrogen-bond acceptors (Lipinski definition) is 7. The molecule has 1 aromatic rings. The van der Waals surface area contributed by atoms with Crippen LogP contribution in [0.15, 0.2) is 22.7 Å². The van der Waals surface area contributed by atoms with Crippen LogP contribution in [0.2, 0.25) is 0 Å². The van der Waals surface area contributed by atoms with E-state index < -0.39 is 0 Å². The highest BCUT2D eigenvalue weighted by Gasteiger charge is 2.32. The van der Waals surface area contributed by atoms with E-state index in [-0.39, 0.29) is 29.7 Å². The number of aromatic nitrogens is 2. The van der Waals surface area contributed by atoms with Gasteiger partial charge in [0, 0.05) is 31.8 Å². The van der Waals surface area contributed by atoms with Crippen LogP contribution in [0.1, 0.15) is 78.8 Å². The maximum Gasteiger partial charge on any atom is 0.407 e. The van der Waals surface area contributed by atoms with Gasteiger partial charge in [0.1, 0.15) is 17.7 Å². The zero-order valence-electron chi connectivity index (χ0n) is 20.0. The zero-order chi connectivity index (χ0) is 23.3. The van der Waals surface area contributed by atoms with Gasteiger partial charge in [-0.05, 0) is 60.3 Å². The first-order valence-electron chi connectivity index (χ1n) is 11.0. The molecule has 1 heterocycles. The normalized spacial score (nSPS) is 19.7. The zero-order valence-corrected chi connectivity index (χ0v) is 20.0. The minimum atomic E-state index is -0.354. The lowest BCUT2D eigenvalue weighted by Gasteiger charge is -2.24. The van der Waals surface area contributed by atoms with Crippen molar-refractivity contribution in [1.29, 1.82) is 0 Å². The van der Waals surface area contributed by atoms with Crippen LogP contribution in [0.4, 0.5) is 10.6 Å². The van der Waals surface area contributed by atoms with Gasteiger partial charge in [0.2, 0.25) is 0 Å². The Morgan fingerprint density at radius 2 is 2.13 bits per heavy atom. The van der Waals surface area contributed by atoms with E-state index in [0.717, 1.165) is 36.5 Å². The molecule has 2 atom stereocenters. The highest BCUT2D eigenvalue weighted by molar-refractivity contribution is 5.67. The van der Waals surface area contributed by atoms with Crippen LogP contribution in [-0.4, -0.2) is 46.8 Å². The lowest BCUT2D eigenvalue weighted by molar-refractivity contribution is 0.0981. The number of hydrazone groups is 1. The van der Waals surface area contributed by atoms with Crippen molar-refractivity contribution in [3.8, 4) is 0 Å². The minimum absolute atomic E-state index is 0.0580. The SMILES string of the molecule is C=NN(C)/C(CC)=C(/N)Nc1cc(C2CCC(OC(=O)NC(C)C)C2)nn1C(C)(C)C. The molecule has 1 amide bonds. The number of ether oxygens (including phenoxy) is 1. The predicted octanol–water partition coefficient (Wildman–Crippen LogP) is 3.91. The summed E-state index contributed by atoms with van der Waals surface area (Å²) >= 11 is 0. The Morgan fingerprint density at radius 3 is 2.68 bits per heavy atom. The van der Waals surface area contributed by atoms with Crippen LogP contribution in [-0.2, 0) is 10.3 Å². The highest BCUT2D eigenvalue weighted by Crippen LogP contribution is 2.37. The summed E-state index contributed by atoms with van der Waals surface area (Å²) in [6, 6.07) is 2.11. The number of carbonyl (C=O) groups is 1. The van der Waals surface area contributed by atoms with E-state index in [1.54, 1.807) is 5.01 Å². The molecule has 1 aliphatic carbocycles. The quantitative estimate of drug-likeness (QED) is 0.424. The second-order valence-electron chi connectivity index (χ2n) is 9.38. The van der Waals surface area contributed by atoms with Crippen molar-refractivity contribution < 1.29 is 9.53 Å². The first kappa shape index (κ1) is 24.6. The first-order chi connectivity index (χ1) is 14.5. The molecule has 2 unspecified atom stereocenters. The maximum atomic E-state index is 11.9. The Hall–Kier alpha value is -2.71. The third-order valence-electron chi connectivity index (χ3n) is 5.36. The summed E-state index contributed by atoms with van der Waals surface area (Å²) < 4.78 is 7.54. The lowest BCUT2D eigenvalue weighted by atomic mass is 10.0. The van der Waals surface area contributed by atoms with Crippen molar-refractivity contribution in [1.82, 2.24) is 20.1 Å². The van der Waals surface area contributed by atoms with E-state index in [1.807, 2.05) is 38.6 Å². The molecule has 1 aliphatic rings. The van der Waals surface area contributed by atoms with E-state index in [4.69, 9.17) is 15.6 Å². The topological polar surface area (TPSA) is 110 Å². The second-order valence-corrected chi connectivity index (χ2v) is 9.38. The molecule has 1 saturated carbocycles. The van der Waals surface area contributed by atoms with Gasteiger partial charge in [-0.3, -0.25) is 5.01 Å². The molecule has 0 bridgehead atoms. The molecular formula is C22H39N7O2. The smallest absolute Gasteiger partial charge is 0.407 e. The Kier molecular flexibility index (Phi) is 7.97. The van der Waals surface area contributed by atoms with E-state index >= 15 is 0 Å². The number of rotatable bonds is 8. The minimum Gasteiger partial charge on any atom is -0.446 e. The Morgan fingerprint density at radius 1 is 1.45 bits per heavy atom. The Balaban J connectivity index is 2.22. The van der Waals surface area contributed by atoms with E-state index in [2.05, 4.69) is 43.2 Å². The predicted molar refractivity (Wildman–Crippen MR) is 125 cm³/mol. The molecule has 31 heavy (non-hydrogen) atoms. The third-order valence-corrected chi connectivity index (χ3v) is 5.36. The standard InChI is InChI=1S/C22H39N7O2/c1-9-18(28(8)24-7)20(23)26-19-13-17(27-29(19)22(4,5)6)15-10-11-16(12-15)31-21(30)25-14(2)3/h13-16,26H,7,9-12,23H2,1-6,8H3,(H,25,30)/b20-18-. The molecule has 0 spiro atoms. The molecule has 0 saturated heterocycles. The van der Waals surface area contributed by atoms with Crippen LogP contribution in [0.3, 0.4) is 0 Å². The molecule has 9 heteroatoms. The first-order valence-corrected chi connectivity index (χ1v) is 11.0. The molecular weight excluding hydrogens is 394 g/mol. The number of hydrogen-bond donors (Lipinski definition) is 3. The van der Waals surface area contributed by atoms with Gasteiger partial charge in [0.05, 0.1) is 16.9 Å². The fraction of sp³-hybridized carbons (Fsp3) is 0.682. The van der Waals surface area contributed by atoms with Crippen LogP contribution in [0, 0.1) is 0 Å². The number of nitrogens with zero attached hydrogens (tertiary/aromatic N) is 4. The van der Waals surface area contributed by atoms with Crippen molar-refractivity contribution in [2.24, 2.45) is 10.8 Å². The van der Waals surface area contributed by atoms with E-state index in [1.165, 1.54) is 0 Å². The number of nitrogens with two attached hydrogens (primary N) is 1. The monoisotopic (exact) mass is 433 g/mol. The summed E-state index contributed by atoms with van der Waals surface area (Å²) in [5, 5.41) is 16.6. The van der Waals surface area contributed by atoms with Crippen molar-refractivity contribution in [3.63, 3.8) is 0 Å². The molecule has 174 valence electrons.